The number of aromatic nitrogens is 2. The Kier molecular flexibility index (Phi) is 5.80. The highest BCUT2D eigenvalue weighted by Gasteiger charge is 2.15. The number of amides is 1. The molecule has 136 valence electrons. The lowest BCUT2D eigenvalue weighted by Crippen LogP contribution is -2.26. The molecule has 0 aliphatic carbocycles. The zero-order valence-electron chi connectivity index (χ0n) is 15.2. The van der Waals surface area contributed by atoms with Crippen LogP contribution in [0, 0.1) is 0 Å². The first-order valence-corrected chi connectivity index (χ1v) is 9.39. The van der Waals surface area contributed by atoms with Crippen molar-refractivity contribution in [1.29, 1.82) is 0 Å². The molecule has 0 saturated carbocycles. The van der Waals surface area contributed by atoms with E-state index >= 15 is 0 Å². The number of carbonyl (C=O) groups excluding carboxylic acids is 1. The summed E-state index contributed by atoms with van der Waals surface area (Å²) in [6, 6.07) is 10.3. The molecule has 6 nitrogen and oxygen atoms in total. The zero-order chi connectivity index (χ0) is 18.5. The molecule has 0 aliphatic rings. The van der Waals surface area contributed by atoms with Crippen molar-refractivity contribution in [2.75, 3.05) is 32.5 Å². The summed E-state index contributed by atoms with van der Waals surface area (Å²) >= 11 is 1.63. The number of hydrogen-bond acceptors (Lipinski definition) is 6. The molecule has 7 heteroatoms. The highest BCUT2D eigenvalue weighted by atomic mass is 32.1. The summed E-state index contributed by atoms with van der Waals surface area (Å²) in [5.74, 6) is 1.57. The number of nitrogens with zero attached hydrogens (tertiary/aromatic N) is 3. The van der Waals surface area contributed by atoms with Crippen LogP contribution in [0.5, 0.6) is 0 Å². The van der Waals surface area contributed by atoms with Gasteiger partial charge in [-0.25, -0.2) is 9.97 Å². The van der Waals surface area contributed by atoms with Gasteiger partial charge in [-0.15, -0.1) is 11.3 Å². The molecule has 0 bridgehead atoms. The maximum Gasteiger partial charge on any atom is 0.216 e. The van der Waals surface area contributed by atoms with Crippen LogP contribution < -0.4 is 10.6 Å². The molecule has 0 radical (unpaired) electrons. The maximum atomic E-state index is 11.1. The molecule has 2 N–H and O–H groups in total. The van der Waals surface area contributed by atoms with E-state index in [0.29, 0.717) is 19.6 Å². The van der Waals surface area contributed by atoms with Gasteiger partial charge in [0.1, 0.15) is 16.5 Å². The highest BCUT2D eigenvalue weighted by molar-refractivity contribution is 7.17. The Morgan fingerprint density at radius 3 is 2.62 bits per heavy atom. The molecule has 1 aromatic carbocycles. The van der Waals surface area contributed by atoms with Crippen LogP contribution in [0.3, 0.4) is 0 Å². The molecule has 0 saturated heterocycles. The van der Waals surface area contributed by atoms with Gasteiger partial charge in [0.25, 0.3) is 0 Å². The Labute approximate surface area is 157 Å². The van der Waals surface area contributed by atoms with Gasteiger partial charge in [0.2, 0.25) is 5.91 Å². The number of benzene rings is 1. The second kappa shape index (κ2) is 8.25. The van der Waals surface area contributed by atoms with Crippen molar-refractivity contribution in [3.63, 3.8) is 0 Å². The fraction of sp³-hybridized carbons (Fsp3) is 0.316. The Hall–Kier alpha value is -2.51. The number of nitrogens with one attached hydrogen (secondary N) is 2. The lowest BCUT2D eigenvalue weighted by molar-refractivity contribution is -0.118. The van der Waals surface area contributed by atoms with Crippen molar-refractivity contribution < 1.29 is 4.79 Å². The van der Waals surface area contributed by atoms with Gasteiger partial charge in [0.05, 0.1) is 11.9 Å². The molecule has 1 amide bonds. The molecule has 0 atom stereocenters. The van der Waals surface area contributed by atoms with E-state index in [1.165, 1.54) is 6.92 Å². The average Bonchev–Trinajstić information content (AvgIpc) is 3.02. The summed E-state index contributed by atoms with van der Waals surface area (Å²) < 4.78 is 0. The minimum absolute atomic E-state index is 0.0339. The lowest BCUT2D eigenvalue weighted by atomic mass is 10.1. The fourth-order valence-electron chi connectivity index (χ4n) is 2.72. The monoisotopic (exact) mass is 369 g/mol. The van der Waals surface area contributed by atoms with E-state index in [1.54, 1.807) is 11.3 Å². The van der Waals surface area contributed by atoms with E-state index in [-0.39, 0.29) is 5.91 Å². The second-order valence-electron chi connectivity index (χ2n) is 6.33. The van der Waals surface area contributed by atoms with Gasteiger partial charge in [0.15, 0.2) is 0 Å². The smallest absolute Gasteiger partial charge is 0.216 e. The Balaban J connectivity index is 1.98. The number of carbonyl (C=O) groups is 1. The molecule has 0 spiro atoms. The fourth-order valence-corrected chi connectivity index (χ4v) is 3.68. The first-order valence-electron chi connectivity index (χ1n) is 8.51. The molecule has 2 heterocycles. The van der Waals surface area contributed by atoms with Gasteiger partial charge in [0, 0.05) is 31.0 Å². The van der Waals surface area contributed by atoms with Crippen LogP contribution in [-0.4, -0.2) is 48.0 Å². The standard InChI is InChI=1S/C19H23N5OS/c1-13(25)20-9-10-21-18-17-15(14-7-5-4-6-8-14)12-26-19(17)23-16(22-18)11-24(2)3/h4-8,12H,9-11H2,1-3H3,(H,20,25)(H,21,22,23). The summed E-state index contributed by atoms with van der Waals surface area (Å²) in [5.41, 5.74) is 2.27. The van der Waals surface area contributed by atoms with Crippen LogP contribution in [0.15, 0.2) is 35.7 Å². The molecule has 3 aromatic rings. The van der Waals surface area contributed by atoms with Crippen molar-refractivity contribution in [2.24, 2.45) is 0 Å². The third kappa shape index (κ3) is 4.36. The van der Waals surface area contributed by atoms with Crippen molar-refractivity contribution in [2.45, 2.75) is 13.5 Å². The second-order valence-corrected chi connectivity index (χ2v) is 7.19. The van der Waals surface area contributed by atoms with Crippen molar-refractivity contribution in [3.8, 4) is 11.1 Å². The minimum Gasteiger partial charge on any atom is -0.368 e. The van der Waals surface area contributed by atoms with Crippen molar-refractivity contribution in [3.05, 3.63) is 41.5 Å². The quantitative estimate of drug-likeness (QED) is 0.627. The van der Waals surface area contributed by atoms with Crippen LogP contribution in [0.1, 0.15) is 12.7 Å². The molecule has 0 unspecified atom stereocenters. The van der Waals surface area contributed by atoms with E-state index in [2.05, 4.69) is 28.1 Å². The normalized spacial score (nSPS) is 11.1. The Morgan fingerprint density at radius 1 is 1.15 bits per heavy atom. The highest BCUT2D eigenvalue weighted by Crippen LogP contribution is 2.36. The predicted octanol–water partition coefficient (Wildman–Crippen LogP) is 2.97. The zero-order valence-corrected chi connectivity index (χ0v) is 16.1. The van der Waals surface area contributed by atoms with Crippen molar-refractivity contribution in [1.82, 2.24) is 20.2 Å². The van der Waals surface area contributed by atoms with E-state index < -0.39 is 0 Å². The molecule has 2 aromatic heterocycles. The Morgan fingerprint density at radius 2 is 1.92 bits per heavy atom. The van der Waals surface area contributed by atoms with Crippen LogP contribution in [-0.2, 0) is 11.3 Å². The van der Waals surface area contributed by atoms with E-state index in [1.807, 2.05) is 37.2 Å². The largest absolute Gasteiger partial charge is 0.368 e. The SMILES string of the molecule is CC(=O)NCCNc1nc(CN(C)C)nc2scc(-c3ccccc3)c12. The summed E-state index contributed by atoms with van der Waals surface area (Å²) in [7, 11) is 4.00. The first kappa shape index (κ1) is 18.3. The number of thiophene rings is 1. The summed E-state index contributed by atoms with van der Waals surface area (Å²) in [4.78, 5) is 23.6. The number of hydrogen-bond donors (Lipinski definition) is 2. The van der Waals surface area contributed by atoms with Gasteiger partial charge in [-0.3, -0.25) is 4.79 Å². The molecule has 0 aliphatic heterocycles. The summed E-state index contributed by atoms with van der Waals surface area (Å²) in [5, 5.41) is 9.34. The van der Waals surface area contributed by atoms with E-state index in [9.17, 15) is 4.79 Å². The third-order valence-corrected chi connectivity index (χ3v) is 4.69. The number of anilines is 1. The van der Waals surface area contributed by atoms with Crippen molar-refractivity contribution >= 4 is 33.3 Å². The van der Waals surface area contributed by atoms with Gasteiger partial charge in [-0.1, -0.05) is 30.3 Å². The van der Waals surface area contributed by atoms with Crippen LogP contribution >= 0.6 is 11.3 Å². The van der Waals surface area contributed by atoms with Gasteiger partial charge < -0.3 is 15.5 Å². The third-order valence-electron chi connectivity index (χ3n) is 3.81. The average molecular weight is 369 g/mol. The number of fused-ring (bicyclic) bond motifs is 1. The van der Waals surface area contributed by atoms with E-state index in [0.717, 1.165) is 33.0 Å². The van der Waals surface area contributed by atoms with Crippen LogP contribution in [0.4, 0.5) is 5.82 Å². The van der Waals surface area contributed by atoms with Crippen LogP contribution in [0.2, 0.25) is 0 Å². The molecular formula is C19H23N5OS. The minimum atomic E-state index is -0.0339. The predicted molar refractivity (Wildman–Crippen MR) is 107 cm³/mol. The first-order chi connectivity index (χ1) is 12.5. The lowest BCUT2D eigenvalue weighted by Gasteiger charge is -2.13. The molecular weight excluding hydrogens is 346 g/mol. The number of rotatable bonds is 7. The molecule has 0 fully saturated rings. The van der Waals surface area contributed by atoms with Gasteiger partial charge in [-0.2, -0.15) is 0 Å². The molecule has 26 heavy (non-hydrogen) atoms. The van der Waals surface area contributed by atoms with Crippen LogP contribution in [0.25, 0.3) is 21.3 Å². The topological polar surface area (TPSA) is 70.2 Å². The van der Waals surface area contributed by atoms with Gasteiger partial charge >= 0.3 is 0 Å². The summed E-state index contributed by atoms with van der Waals surface area (Å²) in [6.45, 7) is 3.35. The molecule has 3 rings (SSSR count). The van der Waals surface area contributed by atoms with Gasteiger partial charge in [-0.05, 0) is 19.7 Å². The summed E-state index contributed by atoms with van der Waals surface area (Å²) in [6.07, 6.45) is 0. The Bertz CT molecular complexity index is 892. The van der Waals surface area contributed by atoms with E-state index in [4.69, 9.17) is 9.97 Å². The maximum absolute atomic E-state index is 11.1.